The molecule has 40 valence electrons. The summed E-state index contributed by atoms with van der Waals surface area (Å²) in [7, 11) is 0. The Hall–Kier alpha value is 1.16. The van der Waals surface area contributed by atoms with Gasteiger partial charge in [-0.1, -0.05) is 0 Å². The van der Waals surface area contributed by atoms with Gasteiger partial charge in [0.1, 0.15) is 9.67 Å². The van der Waals surface area contributed by atoms with Crippen LogP contribution in [0.15, 0.2) is 0 Å². The molecule has 0 aliphatic carbocycles. The Morgan fingerprint density at radius 1 is 0.833 bits per heavy atom. The van der Waals surface area contributed by atoms with Gasteiger partial charge in [0.2, 0.25) is 0 Å². The van der Waals surface area contributed by atoms with Crippen molar-refractivity contribution >= 4 is 46.4 Å². The van der Waals surface area contributed by atoms with Gasteiger partial charge in [-0.15, -0.1) is 46.4 Å². The maximum absolute atomic E-state index is 5.11. The van der Waals surface area contributed by atoms with E-state index in [0.717, 1.165) is 0 Å². The summed E-state index contributed by atoms with van der Waals surface area (Å²) in [6.45, 7) is 0. The highest BCUT2D eigenvalue weighted by molar-refractivity contribution is 6.56. The lowest BCUT2D eigenvalue weighted by molar-refractivity contribution is 1.29. The molecule has 0 aromatic heterocycles. The molecule has 0 heterocycles. The lowest BCUT2D eigenvalue weighted by Crippen LogP contribution is -1.96. The van der Waals surface area contributed by atoms with Gasteiger partial charge in [-0.25, -0.2) is 0 Å². The van der Waals surface area contributed by atoms with Crippen molar-refractivity contribution < 1.29 is 1.43 Å². The summed E-state index contributed by atoms with van der Waals surface area (Å²) in [5.41, 5.74) is 0. The van der Waals surface area contributed by atoms with Gasteiger partial charge in [0.15, 0.2) is 0 Å². The summed E-state index contributed by atoms with van der Waals surface area (Å²) in [6.07, 6.45) is 0. The minimum atomic E-state index is -0.673. The third-order valence-corrected chi connectivity index (χ3v) is 1.71. The molecular formula is C2H4Cl4. The Morgan fingerprint density at radius 3 is 1.00 bits per heavy atom. The van der Waals surface area contributed by atoms with Crippen molar-refractivity contribution in [3.63, 3.8) is 0 Å². The second-order valence-corrected chi connectivity index (χ2v) is 3.00. The highest BCUT2D eigenvalue weighted by Crippen LogP contribution is 2.16. The molecule has 4 heteroatoms. The first-order valence-corrected chi connectivity index (χ1v) is 2.95. The Balaban J connectivity index is 0. The van der Waals surface area contributed by atoms with Crippen molar-refractivity contribution in [2.75, 3.05) is 0 Å². The molecule has 0 aliphatic heterocycles. The smallest absolute Gasteiger partial charge is 0.102 e. The summed E-state index contributed by atoms with van der Waals surface area (Å²) >= 11 is 20.5. The number of rotatable bonds is 1. The maximum Gasteiger partial charge on any atom is 0.137 e. The first-order valence-electron chi connectivity index (χ1n) is 1.21. The Morgan fingerprint density at radius 2 is 1.00 bits per heavy atom. The van der Waals surface area contributed by atoms with E-state index in [1.807, 2.05) is 0 Å². The minimum Gasteiger partial charge on any atom is -0.102 e. The molecule has 0 aliphatic rings. The number of hydrogen-bond acceptors (Lipinski definition) is 0. The molecule has 0 rings (SSSR count). The third kappa shape index (κ3) is 3.35. The van der Waals surface area contributed by atoms with E-state index < -0.39 is 9.67 Å². The van der Waals surface area contributed by atoms with Crippen LogP contribution in [0.4, 0.5) is 0 Å². The van der Waals surface area contributed by atoms with Crippen LogP contribution in [0.2, 0.25) is 0 Å². The van der Waals surface area contributed by atoms with Gasteiger partial charge in [0.25, 0.3) is 0 Å². The van der Waals surface area contributed by atoms with Gasteiger partial charge in [-0.05, 0) is 0 Å². The van der Waals surface area contributed by atoms with Crippen molar-refractivity contribution in [3.05, 3.63) is 0 Å². The number of halogens is 4. The molecule has 0 atom stereocenters. The largest absolute Gasteiger partial charge is 0.137 e. The lowest BCUT2D eigenvalue weighted by Gasteiger charge is -1.95. The average Bonchev–Trinajstić information content (AvgIpc) is 1.36. The van der Waals surface area contributed by atoms with Crippen molar-refractivity contribution in [2.45, 2.75) is 9.67 Å². The van der Waals surface area contributed by atoms with E-state index in [2.05, 4.69) is 0 Å². The standard InChI is InChI=1S/C2H2Cl4.H2/c3-1(4)2(5)6;/h1-2H;1H/i;1+1. The first-order chi connectivity index (χ1) is 2.64. The van der Waals surface area contributed by atoms with Gasteiger partial charge >= 0.3 is 0 Å². The summed E-state index contributed by atoms with van der Waals surface area (Å²) in [5.74, 6) is 0. The molecule has 0 saturated carbocycles. The summed E-state index contributed by atoms with van der Waals surface area (Å²) in [6, 6.07) is 0. The molecule has 6 heavy (non-hydrogen) atoms. The van der Waals surface area contributed by atoms with E-state index in [4.69, 9.17) is 46.4 Å². The van der Waals surface area contributed by atoms with Crippen molar-refractivity contribution in [3.8, 4) is 0 Å². The zero-order chi connectivity index (χ0) is 5.15. The molecule has 0 spiro atoms. The third-order valence-electron chi connectivity index (χ3n) is 0.190. The zero-order valence-corrected chi connectivity index (χ0v) is 5.69. The number of alkyl halides is 4. The quantitative estimate of drug-likeness (QED) is 0.532. The molecule has 0 radical (unpaired) electrons. The molecule has 0 bridgehead atoms. The highest BCUT2D eigenvalue weighted by Gasteiger charge is 2.06. The van der Waals surface area contributed by atoms with Crippen LogP contribution in [0.5, 0.6) is 0 Å². The van der Waals surface area contributed by atoms with Crippen LogP contribution in [0.1, 0.15) is 1.43 Å². The van der Waals surface area contributed by atoms with Crippen LogP contribution < -0.4 is 0 Å². The average molecular weight is 171 g/mol. The van der Waals surface area contributed by atoms with Crippen LogP contribution in [0.25, 0.3) is 0 Å². The molecule has 0 aromatic carbocycles. The van der Waals surface area contributed by atoms with Crippen LogP contribution in [0, 0.1) is 0 Å². The summed E-state index contributed by atoms with van der Waals surface area (Å²) < 4.78 is 0. The summed E-state index contributed by atoms with van der Waals surface area (Å²) in [5, 5.41) is 0. The molecule has 0 fully saturated rings. The van der Waals surface area contributed by atoms with Crippen molar-refractivity contribution in [1.29, 1.82) is 0 Å². The van der Waals surface area contributed by atoms with E-state index in [0.29, 0.717) is 0 Å². The second-order valence-electron chi connectivity index (χ2n) is 0.669. The maximum atomic E-state index is 5.11. The van der Waals surface area contributed by atoms with Gasteiger partial charge in [-0.3, -0.25) is 0 Å². The highest BCUT2D eigenvalue weighted by atomic mass is 35.5. The molecule has 0 aromatic rings. The van der Waals surface area contributed by atoms with Crippen molar-refractivity contribution in [2.24, 2.45) is 0 Å². The molecule has 0 amide bonds. The van der Waals surface area contributed by atoms with Crippen LogP contribution in [0.3, 0.4) is 0 Å². The SMILES string of the molecule is ClC(Cl)C(Cl)Cl.[2HH]. The minimum absolute atomic E-state index is 0. The van der Waals surface area contributed by atoms with E-state index >= 15 is 0 Å². The molecule has 0 saturated heterocycles. The molecule has 0 nitrogen and oxygen atoms in total. The van der Waals surface area contributed by atoms with E-state index in [-0.39, 0.29) is 1.43 Å². The molecule has 0 unspecified atom stereocenters. The topological polar surface area (TPSA) is 0 Å². The Bertz CT molecular complexity index is 30.7. The second kappa shape index (κ2) is 3.20. The Kier molecular flexibility index (Phi) is 3.82. The molecular weight excluding hydrogens is 166 g/mol. The monoisotopic (exact) mass is 169 g/mol. The fourth-order valence-electron chi connectivity index (χ4n) is 0. The van der Waals surface area contributed by atoms with Gasteiger partial charge in [0, 0.05) is 1.43 Å². The predicted octanol–water partition coefficient (Wildman–Crippen LogP) is 2.84. The van der Waals surface area contributed by atoms with Gasteiger partial charge in [0.05, 0.1) is 0 Å². The van der Waals surface area contributed by atoms with Crippen LogP contribution >= 0.6 is 46.4 Å². The fourth-order valence-corrected chi connectivity index (χ4v) is 0. The van der Waals surface area contributed by atoms with Crippen LogP contribution in [-0.2, 0) is 0 Å². The predicted molar refractivity (Wildman–Crippen MR) is 33.1 cm³/mol. The fraction of sp³-hybridized carbons (Fsp3) is 1.00. The Labute approximate surface area is 57.8 Å². The molecule has 0 N–H and O–H groups in total. The zero-order valence-electron chi connectivity index (χ0n) is 2.67. The van der Waals surface area contributed by atoms with E-state index in [1.54, 1.807) is 0 Å². The summed E-state index contributed by atoms with van der Waals surface area (Å²) in [4.78, 5) is -1.35. The normalized spacial score (nSPS) is 11.0. The first kappa shape index (κ1) is 7.16. The van der Waals surface area contributed by atoms with Crippen LogP contribution in [-0.4, -0.2) is 9.67 Å². The van der Waals surface area contributed by atoms with Crippen molar-refractivity contribution in [1.82, 2.24) is 0 Å². The van der Waals surface area contributed by atoms with E-state index in [1.165, 1.54) is 0 Å². The van der Waals surface area contributed by atoms with E-state index in [9.17, 15) is 0 Å². The van der Waals surface area contributed by atoms with Gasteiger partial charge < -0.3 is 0 Å². The lowest BCUT2D eigenvalue weighted by atomic mass is 10.9. The van der Waals surface area contributed by atoms with Gasteiger partial charge in [-0.2, -0.15) is 0 Å². The number of hydrogen-bond donors (Lipinski definition) is 0.